The summed E-state index contributed by atoms with van der Waals surface area (Å²) in [6, 6.07) is 8.03. The molecule has 1 amide bonds. The van der Waals surface area contributed by atoms with E-state index in [2.05, 4.69) is 15.3 Å². The summed E-state index contributed by atoms with van der Waals surface area (Å²) >= 11 is 0. The molecular weight excluding hydrogens is 387 g/mol. The van der Waals surface area contributed by atoms with Crippen LogP contribution in [-0.4, -0.2) is 15.9 Å². The molecule has 0 bridgehead atoms. The number of hydrogen-bond acceptors (Lipinski definition) is 5. The molecule has 0 saturated heterocycles. The molecule has 0 aliphatic heterocycles. The zero-order chi connectivity index (χ0) is 20.4. The number of ether oxygens (including phenoxy) is 1. The van der Waals surface area contributed by atoms with Gasteiger partial charge in [-0.3, -0.25) is 4.79 Å². The van der Waals surface area contributed by atoms with E-state index in [1.165, 1.54) is 0 Å². The second-order valence-corrected chi connectivity index (χ2v) is 5.27. The fraction of sp³-hybridized carbons (Fsp3) is 0. The molecule has 144 valence electrons. The lowest BCUT2D eigenvalue weighted by molar-refractivity contribution is 0.102. The van der Waals surface area contributed by atoms with Crippen LogP contribution in [0.5, 0.6) is 11.6 Å². The number of aromatic nitrogens is 2. The monoisotopic (exact) mass is 396 g/mol. The van der Waals surface area contributed by atoms with Gasteiger partial charge < -0.3 is 15.8 Å². The van der Waals surface area contributed by atoms with Gasteiger partial charge in [0.2, 0.25) is 46.7 Å². The van der Waals surface area contributed by atoms with Gasteiger partial charge in [0.25, 0.3) is 5.91 Å². The van der Waals surface area contributed by atoms with Crippen LogP contribution < -0.4 is 15.8 Å². The van der Waals surface area contributed by atoms with Gasteiger partial charge in [0.05, 0.1) is 0 Å². The third-order valence-electron chi connectivity index (χ3n) is 3.42. The molecule has 3 N–H and O–H groups in total. The van der Waals surface area contributed by atoms with Crippen LogP contribution in [0.3, 0.4) is 0 Å². The molecule has 2 aromatic carbocycles. The highest BCUT2D eigenvalue weighted by atomic mass is 19.2. The smallest absolute Gasteiger partial charge is 0.262 e. The second kappa shape index (κ2) is 7.47. The molecular formula is C17H9F5N4O2. The zero-order valence-electron chi connectivity index (χ0n) is 13.6. The van der Waals surface area contributed by atoms with Gasteiger partial charge in [0.15, 0.2) is 0 Å². The Morgan fingerprint density at radius 2 is 1.50 bits per heavy atom. The number of carbonyl (C=O) groups is 1. The highest BCUT2D eigenvalue weighted by Gasteiger charge is 2.29. The van der Waals surface area contributed by atoms with E-state index < -0.39 is 58.1 Å². The molecule has 3 aromatic rings. The molecule has 0 radical (unpaired) electrons. The first kappa shape index (κ1) is 19.0. The number of rotatable bonds is 4. The van der Waals surface area contributed by atoms with Gasteiger partial charge in [-0.05, 0) is 12.1 Å². The number of nitrogens with zero attached hydrogens (tertiary/aromatic N) is 2. The minimum Gasteiger partial charge on any atom is -0.432 e. The second-order valence-electron chi connectivity index (χ2n) is 5.27. The normalized spacial score (nSPS) is 10.6. The molecule has 28 heavy (non-hydrogen) atoms. The lowest BCUT2D eigenvalue weighted by Gasteiger charge is -2.12. The number of para-hydroxylation sites is 1. The van der Waals surface area contributed by atoms with E-state index in [4.69, 9.17) is 10.5 Å². The van der Waals surface area contributed by atoms with Crippen LogP contribution in [0, 0.1) is 29.1 Å². The van der Waals surface area contributed by atoms with Crippen LogP contribution >= 0.6 is 0 Å². The first-order valence-corrected chi connectivity index (χ1v) is 7.47. The number of hydrogen-bond donors (Lipinski definition) is 2. The Morgan fingerprint density at radius 1 is 0.929 bits per heavy atom. The van der Waals surface area contributed by atoms with E-state index in [0.717, 1.165) is 6.20 Å². The predicted octanol–water partition coefficient (Wildman–Crippen LogP) is 3.80. The molecule has 0 atom stereocenters. The Hall–Kier alpha value is -3.76. The Bertz CT molecular complexity index is 1030. The number of carbonyl (C=O) groups excluding carboxylic acids is 1. The summed E-state index contributed by atoms with van der Waals surface area (Å²) in [4.78, 5) is 19.5. The average Bonchev–Trinajstić information content (AvgIpc) is 2.69. The molecule has 0 aliphatic carbocycles. The molecule has 0 saturated carbocycles. The number of benzene rings is 2. The molecule has 0 fully saturated rings. The summed E-state index contributed by atoms with van der Waals surface area (Å²) in [6.45, 7) is 0. The molecule has 3 rings (SSSR count). The molecule has 0 spiro atoms. The van der Waals surface area contributed by atoms with E-state index in [0.29, 0.717) is 5.69 Å². The van der Waals surface area contributed by atoms with E-state index in [1.807, 2.05) is 0 Å². The molecule has 6 nitrogen and oxygen atoms in total. The standard InChI is InChI=1S/C17H9F5N4O2/c18-9-10(19)12(21)14(13(22)11(9)20)28-16-8(6-24-17(23)26-16)15(27)25-7-4-2-1-3-5-7/h1-6H,(H,25,27)(H2,23,24,26). The zero-order valence-corrected chi connectivity index (χ0v) is 13.6. The van der Waals surface area contributed by atoms with Crippen LogP contribution in [0.25, 0.3) is 0 Å². The first-order valence-electron chi connectivity index (χ1n) is 7.47. The number of nitrogen functional groups attached to an aromatic ring is 1. The summed E-state index contributed by atoms with van der Waals surface area (Å²) in [5, 5.41) is 2.43. The molecule has 0 aliphatic rings. The minimum atomic E-state index is -2.36. The molecule has 11 heteroatoms. The van der Waals surface area contributed by atoms with Crippen LogP contribution in [0.4, 0.5) is 33.6 Å². The summed E-state index contributed by atoms with van der Waals surface area (Å²) in [6.07, 6.45) is 0.877. The van der Waals surface area contributed by atoms with Crippen molar-refractivity contribution >= 4 is 17.5 Å². The first-order chi connectivity index (χ1) is 13.3. The third kappa shape index (κ3) is 3.54. The van der Waals surface area contributed by atoms with Crippen molar-refractivity contribution in [3.05, 3.63) is 71.2 Å². The number of amides is 1. The van der Waals surface area contributed by atoms with Gasteiger partial charge in [-0.25, -0.2) is 18.2 Å². The van der Waals surface area contributed by atoms with Gasteiger partial charge in [0.1, 0.15) is 5.56 Å². The number of nitrogens with one attached hydrogen (secondary N) is 1. The average molecular weight is 396 g/mol. The van der Waals surface area contributed by atoms with Gasteiger partial charge in [-0.1, -0.05) is 18.2 Å². The van der Waals surface area contributed by atoms with Crippen molar-refractivity contribution in [2.45, 2.75) is 0 Å². The van der Waals surface area contributed by atoms with Gasteiger partial charge in [0, 0.05) is 11.9 Å². The van der Waals surface area contributed by atoms with Crippen LogP contribution in [0.15, 0.2) is 36.5 Å². The van der Waals surface area contributed by atoms with Gasteiger partial charge in [-0.2, -0.15) is 13.8 Å². The molecule has 0 unspecified atom stereocenters. The number of anilines is 2. The highest BCUT2D eigenvalue weighted by molar-refractivity contribution is 6.05. The largest absolute Gasteiger partial charge is 0.432 e. The SMILES string of the molecule is Nc1ncc(C(=O)Nc2ccccc2)c(Oc2c(F)c(F)c(F)c(F)c2F)n1. The Balaban J connectivity index is 2.02. The Labute approximate surface area is 153 Å². The van der Waals surface area contributed by atoms with E-state index in [9.17, 15) is 26.7 Å². The Morgan fingerprint density at radius 3 is 2.11 bits per heavy atom. The van der Waals surface area contributed by atoms with Crippen molar-refractivity contribution in [3.63, 3.8) is 0 Å². The van der Waals surface area contributed by atoms with Crippen molar-refractivity contribution < 1.29 is 31.5 Å². The molecule has 1 aromatic heterocycles. The van der Waals surface area contributed by atoms with Crippen molar-refractivity contribution in [2.75, 3.05) is 11.1 Å². The topological polar surface area (TPSA) is 90.1 Å². The maximum atomic E-state index is 13.8. The number of halogens is 5. The third-order valence-corrected chi connectivity index (χ3v) is 3.42. The Kier molecular flexibility index (Phi) is 5.07. The lowest BCUT2D eigenvalue weighted by Crippen LogP contribution is -2.15. The summed E-state index contributed by atoms with van der Waals surface area (Å²) in [5.74, 6) is -15.0. The molecule has 1 heterocycles. The minimum absolute atomic E-state index is 0.353. The summed E-state index contributed by atoms with van der Waals surface area (Å²) in [7, 11) is 0. The maximum absolute atomic E-state index is 13.8. The van der Waals surface area contributed by atoms with Crippen molar-refractivity contribution in [1.29, 1.82) is 0 Å². The maximum Gasteiger partial charge on any atom is 0.262 e. The van der Waals surface area contributed by atoms with Gasteiger partial charge in [-0.15, -0.1) is 0 Å². The van der Waals surface area contributed by atoms with Crippen LogP contribution in [0.1, 0.15) is 10.4 Å². The summed E-state index contributed by atoms with van der Waals surface area (Å²) in [5.41, 5.74) is 5.26. The van der Waals surface area contributed by atoms with Crippen molar-refractivity contribution in [1.82, 2.24) is 9.97 Å². The quantitative estimate of drug-likeness (QED) is 0.398. The van der Waals surface area contributed by atoms with Gasteiger partial charge >= 0.3 is 0 Å². The lowest BCUT2D eigenvalue weighted by atomic mass is 10.2. The number of nitrogens with two attached hydrogens (primary N) is 1. The fourth-order valence-corrected chi connectivity index (χ4v) is 2.10. The van der Waals surface area contributed by atoms with Crippen LogP contribution in [0.2, 0.25) is 0 Å². The highest BCUT2D eigenvalue weighted by Crippen LogP contribution is 2.33. The fourth-order valence-electron chi connectivity index (χ4n) is 2.10. The van der Waals surface area contributed by atoms with E-state index in [1.54, 1.807) is 30.3 Å². The van der Waals surface area contributed by atoms with Crippen LogP contribution in [-0.2, 0) is 0 Å². The summed E-state index contributed by atoms with van der Waals surface area (Å²) < 4.78 is 72.3. The predicted molar refractivity (Wildman–Crippen MR) is 87.1 cm³/mol. The van der Waals surface area contributed by atoms with Crippen molar-refractivity contribution in [3.8, 4) is 11.6 Å². The van der Waals surface area contributed by atoms with E-state index in [-0.39, 0.29) is 0 Å². The van der Waals surface area contributed by atoms with E-state index >= 15 is 0 Å². The van der Waals surface area contributed by atoms with Crippen molar-refractivity contribution in [2.24, 2.45) is 0 Å².